The second-order valence-electron chi connectivity index (χ2n) is 5.76. The van der Waals surface area contributed by atoms with E-state index >= 15 is 0 Å². The molecule has 114 valence electrons. The molecule has 0 aliphatic carbocycles. The van der Waals surface area contributed by atoms with E-state index in [1.54, 1.807) is 7.11 Å². The van der Waals surface area contributed by atoms with Gasteiger partial charge >= 0.3 is 0 Å². The van der Waals surface area contributed by atoms with Crippen LogP contribution in [0.3, 0.4) is 0 Å². The molecule has 2 unspecified atom stereocenters. The summed E-state index contributed by atoms with van der Waals surface area (Å²) < 4.78 is 5.28. The Morgan fingerprint density at radius 1 is 1.29 bits per heavy atom. The summed E-state index contributed by atoms with van der Waals surface area (Å²) in [4.78, 5) is 4.39. The van der Waals surface area contributed by atoms with E-state index in [1.807, 2.05) is 12.3 Å². The third kappa shape index (κ3) is 4.51. The van der Waals surface area contributed by atoms with Crippen molar-refractivity contribution >= 4 is 10.9 Å². The van der Waals surface area contributed by atoms with Gasteiger partial charge in [0, 0.05) is 31.3 Å². The molecule has 2 rings (SSSR count). The predicted octanol–water partition coefficient (Wildman–Crippen LogP) is 3.95. The molecule has 1 aromatic carbocycles. The molecule has 0 spiro atoms. The highest BCUT2D eigenvalue weighted by Gasteiger charge is 2.15. The Hall–Kier alpha value is -1.45. The quantitative estimate of drug-likeness (QED) is 0.798. The van der Waals surface area contributed by atoms with Crippen LogP contribution < -0.4 is 5.32 Å². The maximum atomic E-state index is 5.28. The third-order valence-corrected chi connectivity index (χ3v) is 3.76. The summed E-state index contributed by atoms with van der Waals surface area (Å²) in [6.45, 7) is 6.29. The Bertz CT molecular complexity index is 556. The van der Waals surface area contributed by atoms with Gasteiger partial charge in [-0.3, -0.25) is 4.98 Å². The van der Waals surface area contributed by atoms with Gasteiger partial charge < -0.3 is 10.1 Å². The molecule has 2 atom stereocenters. The molecule has 1 N–H and O–H groups in total. The minimum absolute atomic E-state index is 0.375. The summed E-state index contributed by atoms with van der Waals surface area (Å²) in [6.07, 6.45) is 4.07. The van der Waals surface area contributed by atoms with Crippen LogP contribution in [0, 0.1) is 5.92 Å². The van der Waals surface area contributed by atoms with Gasteiger partial charge in [0.25, 0.3) is 0 Å². The molecule has 0 saturated heterocycles. The van der Waals surface area contributed by atoms with E-state index < -0.39 is 0 Å². The normalized spacial score (nSPS) is 14.2. The Balaban J connectivity index is 2.20. The number of nitrogens with one attached hydrogen (secondary N) is 1. The van der Waals surface area contributed by atoms with Gasteiger partial charge in [-0.25, -0.2) is 0 Å². The SMILES string of the molecule is CCCNC(CC(C)COC)c1ccc2ncccc2c1. The lowest BCUT2D eigenvalue weighted by atomic mass is 9.95. The second kappa shape index (κ2) is 8.11. The predicted molar refractivity (Wildman–Crippen MR) is 88.4 cm³/mol. The number of nitrogens with zero attached hydrogens (tertiary/aromatic N) is 1. The first kappa shape index (κ1) is 15.9. The van der Waals surface area contributed by atoms with Gasteiger partial charge in [-0.1, -0.05) is 26.0 Å². The molecule has 1 aromatic heterocycles. The number of methoxy groups -OCH3 is 1. The molecule has 0 saturated carbocycles. The van der Waals surface area contributed by atoms with Crippen molar-refractivity contribution in [1.82, 2.24) is 10.3 Å². The fourth-order valence-corrected chi connectivity index (χ4v) is 2.72. The largest absolute Gasteiger partial charge is 0.384 e. The zero-order valence-electron chi connectivity index (χ0n) is 13.3. The van der Waals surface area contributed by atoms with Gasteiger partial charge in [-0.15, -0.1) is 0 Å². The Morgan fingerprint density at radius 3 is 2.90 bits per heavy atom. The van der Waals surface area contributed by atoms with E-state index in [1.165, 1.54) is 10.9 Å². The highest BCUT2D eigenvalue weighted by Crippen LogP contribution is 2.24. The number of ether oxygens (including phenoxy) is 1. The van der Waals surface area contributed by atoms with Crippen LogP contribution in [0.1, 0.15) is 38.3 Å². The van der Waals surface area contributed by atoms with Crippen molar-refractivity contribution in [3.63, 3.8) is 0 Å². The first-order chi connectivity index (χ1) is 10.2. The highest BCUT2D eigenvalue weighted by molar-refractivity contribution is 5.79. The maximum Gasteiger partial charge on any atom is 0.0702 e. The van der Waals surface area contributed by atoms with Crippen molar-refractivity contribution in [3.05, 3.63) is 42.1 Å². The smallest absolute Gasteiger partial charge is 0.0702 e. The van der Waals surface area contributed by atoms with E-state index in [2.05, 4.69) is 48.4 Å². The molecule has 3 heteroatoms. The van der Waals surface area contributed by atoms with Crippen molar-refractivity contribution in [1.29, 1.82) is 0 Å². The Morgan fingerprint density at radius 2 is 2.14 bits per heavy atom. The summed E-state index contributed by atoms with van der Waals surface area (Å²) in [5, 5.41) is 4.87. The van der Waals surface area contributed by atoms with E-state index in [4.69, 9.17) is 4.74 Å². The average Bonchev–Trinajstić information content (AvgIpc) is 2.51. The molecule has 0 radical (unpaired) electrons. The number of hydrogen-bond donors (Lipinski definition) is 1. The number of pyridine rings is 1. The summed E-state index contributed by atoms with van der Waals surface area (Å²) in [5.41, 5.74) is 2.40. The Labute approximate surface area is 127 Å². The first-order valence-electron chi connectivity index (χ1n) is 7.81. The average molecular weight is 286 g/mol. The lowest BCUT2D eigenvalue weighted by Gasteiger charge is -2.23. The molecule has 0 bridgehead atoms. The molecular weight excluding hydrogens is 260 g/mol. The van der Waals surface area contributed by atoms with Crippen LogP contribution in [0.4, 0.5) is 0 Å². The standard InChI is InChI=1S/C18H26N2O/c1-4-9-19-18(11-14(2)13-21-3)16-7-8-17-15(12-16)6-5-10-20-17/h5-8,10,12,14,18-19H,4,9,11,13H2,1-3H3. The zero-order valence-corrected chi connectivity index (χ0v) is 13.3. The molecule has 3 nitrogen and oxygen atoms in total. The van der Waals surface area contributed by atoms with Crippen molar-refractivity contribution in [3.8, 4) is 0 Å². The van der Waals surface area contributed by atoms with Gasteiger partial charge in [0.2, 0.25) is 0 Å². The van der Waals surface area contributed by atoms with Crippen LogP contribution in [-0.4, -0.2) is 25.2 Å². The van der Waals surface area contributed by atoms with Gasteiger partial charge in [-0.05, 0) is 49.1 Å². The topological polar surface area (TPSA) is 34.1 Å². The second-order valence-corrected chi connectivity index (χ2v) is 5.76. The number of aromatic nitrogens is 1. The van der Waals surface area contributed by atoms with Crippen LogP contribution in [0.25, 0.3) is 10.9 Å². The highest BCUT2D eigenvalue weighted by atomic mass is 16.5. The van der Waals surface area contributed by atoms with Crippen molar-refractivity contribution in [2.45, 2.75) is 32.7 Å². The van der Waals surface area contributed by atoms with Crippen molar-refractivity contribution in [2.75, 3.05) is 20.3 Å². The van der Waals surface area contributed by atoms with Crippen molar-refractivity contribution < 1.29 is 4.74 Å². The fraction of sp³-hybridized carbons (Fsp3) is 0.500. The monoisotopic (exact) mass is 286 g/mol. The lowest BCUT2D eigenvalue weighted by molar-refractivity contribution is 0.149. The van der Waals surface area contributed by atoms with Crippen molar-refractivity contribution in [2.24, 2.45) is 5.92 Å². The third-order valence-electron chi connectivity index (χ3n) is 3.76. The van der Waals surface area contributed by atoms with E-state index in [0.29, 0.717) is 12.0 Å². The molecule has 0 aliphatic rings. The number of benzene rings is 1. The fourth-order valence-electron chi connectivity index (χ4n) is 2.72. The van der Waals surface area contributed by atoms with Gasteiger partial charge in [-0.2, -0.15) is 0 Å². The van der Waals surface area contributed by atoms with Crippen LogP contribution >= 0.6 is 0 Å². The van der Waals surface area contributed by atoms with Crippen LogP contribution in [0.2, 0.25) is 0 Å². The lowest BCUT2D eigenvalue weighted by Crippen LogP contribution is -2.25. The summed E-state index contributed by atoms with van der Waals surface area (Å²) >= 11 is 0. The van der Waals surface area contributed by atoms with Crippen LogP contribution in [0.5, 0.6) is 0 Å². The van der Waals surface area contributed by atoms with Crippen LogP contribution in [-0.2, 0) is 4.74 Å². The molecular formula is C18H26N2O. The van der Waals surface area contributed by atoms with E-state index in [9.17, 15) is 0 Å². The van der Waals surface area contributed by atoms with Gasteiger partial charge in [0.15, 0.2) is 0 Å². The van der Waals surface area contributed by atoms with E-state index in [0.717, 1.165) is 31.5 Å². The zero-order chi connectivity index (χ0) is 15.1. The summed E-state index contributed by atoms with van der Waals surface area (Å²) in [5.74, 6) is 0.536. The van der Waals surface area contributed by atoms with Crippen LogP contribution in [0.15, 0.2) is 36.5 Å². The number of hydrogen-bond acceptors (Lipinski definition) is 3. The minimum atomic E-state index is 0.375. The number of fused-ring (bicyclic) bond motifs is 1. The summed E-state index contributed by atoms with van der Waals surface area (Å²) in [7, 11) is 1.77. The van der Waals surface area contributed by atoms with Gasteiger partial charge in [0.05, 0.1) is 5.52 Å². The minimum Gasteiger partial charge on any atom is -0.384 e. The first-order valence-corrected chi connectivity index (χ1v) is 7.81. The number of rotatable bonds is 8. The summed E-state index contributed by atoms with van der Waals surface area (Å²) in [6, 6.07) is 11.1. The molecule has 2 aromatic rings. The molecule has 0 fully saturated rings. The molecule has 1 heterocycles. The van der Waals surface area contributed by atoms with E-state index in [-0.39, 0.29) is 0 Å². The molecule has 0 amide bonds. The molecule has 0 aliphatic heterocycles. The maximum absolute atomic E-state index is 5.28. The molecule has 21 heavy (non-hydrogen) atoms. The Kier molecular flexibility index (Phi) is 6.15. The van der Waals surface area contributed by atoms with Gasteiger partial charge in [0.1, 0.15) is 0 Å².